The van der Waals surface area contributed by atoms with Crippen LogP contribution in [0.5, 0.6) is 5.75 Å². The maximum Gasteiger partial charge on any atom is 0.164 e. The Kier molecular flexibility index (Phi) is 10.1. The predicted molar refractivity (Wildman–Crippen MR) is 177 cm³/mol. The lowest BCUT2D eigenvalue weighted by Crippen LogP contribution is -2.54. The Hall–Kier alpha value is -2.43. The Balaban J connectivity index is 1.50. The van der Waals surface area contributed by atoms with Crippen molar-refractivity contribution in [1.29, 1.82) is 0 Å². The molecule has 2 aromatic rings. The van der Waals surface area contributed by atoms with Crippen LogP contribution in [0.1, 0.15) is 46.1 Å². The molecule has 2 aromatic carbocycles. The highest BCUT2D eigenvalue weighted by atomic mass is 32.2. The first-order valence-corrected chi connectivity index (χ1v) is 16.5. The Morgan fingerprint density at radius 2 is 1.76 bits per heavy atom. The third-order valence-corrected chi connectivity index (χ3v) is 10.9. The van der Waals surface area contributed by atoms with Crippen LogP contribution in [0.2, 0.25) is 0 Å². The second-order valence-corrected chi connectivity index (χ2v) is 14.3. The zero-order valence-electron chi connectivity index (χ0n) is 27.4. The van der Waals surface area contributed by atoms with Crippen molar-refractivity contribution in [3.63, 3.8) is 0 Å². The molecule has 1 saturated heterocycles. The van der Waals surface area contributed by atoms with Crippen LogP contribution in [0.4, 0.5) is 0 Å². The van der Waals surface area contributed by atoms with Crippen LogP contribution < -0.4 is 4.74 Å². The van der Waals surface area contributed by atoms with E-state index in [0.717, 1.165) is 29.1 Å². The number of benzene rings is 2. The summed E-state index contributed by atoms with van der Waals surface area (Å²) in [4.78, 5) is 1.14. The molecule has 3 aliphatic rings. The van der Waals surface area contributed by atoms with Crippen LogP contribution in [0.25, 0.3) is 0 Å². The third-order valence-electron chi connectivity index (χ3n) is 10.1. The van der Waals surface area contributed by atoms with Gasteiger partial charge in [-0.2, -0.15) is 0 Å². The quantitative estimate of drug-likeness (QED) is 0.132. The molecule has 1 aliphatic heterocycles. The second kappa shape index (κ2) is 13.4. The van der Waals surface area contributed by atoms with Crippen molar-refractivity contribution >= 4 is 11.8 Å². The van der Waals surface area contributed by atoms with E-state index in [2.05, 4.69) is 44.0 Å². The van der Waals surface area contributed by atoms with E-state index < -0.39 is 34.6 Å². The van der Waals surface area contributed by atoms with Crippen molar-refractivity contribution in [2.75, 3.05) is 27.6 Å². The van der Waals surface area contributed by atoms with Crippen LogP contribution in [0.3, 0.4) is 0 Å². The average molecular weight is 637 g/mol. The van der Waals surface area contributed by atoms with Crippen molar-refractivity contribution in [3.8, 4) is 5.75 Å². The van der Waals surface area contributed by atoms with Gasteiger partial charge in [-0.05, 0) is 79.3 Å². The van der Waals surface area contributed by atoms with Gasteiger partial charge in [0, 0.05) is 17.4 Å². The third kappa shape index (κ3) is 6.31. The molecule has 2 aliphatic carbocycles. The molecule has 0 unspecified atom stereocenters. The van der Waals surface area contributed by atoms with E-state index in [0.29, 0.717) is 6.61 Å². The van der Waals surface area contributed by atoms with Crippen LogP contribution >= 0.6 is 11.8 Å². The lowest BCUT2D eigenvalue weighted by Gasteiger charge is -2.46. The molecule has 45 heavy (non-hydrogen) atoms. The summed E-state index contributed by atoms with van der Waals surface area (Å²) in [6, 6.07) is 18.0. The van der Waals surface area contributed by atoms with Gasteiger partial charge in [0.25, 0.3) is 0 Å². The number of thioether (sulfide) groups is 1. The molecule has 3 fully saturated rings. The molecule has 0 spiro atoms. The molecule has 8 heteroatoms. The molecule has 1 N–H and O–H groups in total. The molecule has 0 aromatic heterocycles. The van der Waals surface area contributed by atoms with Gasteiger partial charge in [-0.25, -0.2) is 0 Å². The van der Waals surface area contributed by atoms with Gasteiger partial charge in [0.2, 0.25) is 0 Å². The summed E-state index contributed by atoms with van der Waals surface area (Å²) < 4.78 is 36.2. The van der Waals surface area contributed by atoms with Crippen molar-refractivity contribution < 1.29 is 33.5 Å². The zero-order valence-corrected chi connectivity index (χ0v) is 28.2. The molecule has 2 saturated carbocycles. The highest BCUT2D eigenvalue weighted by molar-refractivity contribution is 8.02. The minimum atomic E-state index is -1.36. The van der Waals surface area contributed by atoms with Crippen molar-refractivity contribution in [2.24, 2.45) is 16.7 Å². The van der Waals surface area contributed by atoms with Gasteiger partial charge in [0.05, 0.1) is 26.4 Å². The Bertz CT molecular complexity index is 1360. The minimum absolute atomic E-state index is 0.0873. The van der Waals surface area contributed by atoms with Gasteiger partial charge in [0.15, 0.2) is 5.79 Å². The highest BCUT2D eigenvalue weighted by Crippen LogP contribution is 2.71. The smallest absolute Gasteiger partial charge is 0.164 e. The van der Waals surface area contributed by atoms with E-state index in [1.54, 1.807) is 32.1 Å². The number of fused-ring (bicyclic) bond motifs is 2. The standard InChI is InChI=1S/C37H48O7S/c1-8-31(41-24-27-14-16-28(40-7)17-15-27)35(25-43-34(4,5)44-35)20-21-37(38)32(42-26-39-6)30-18-19-36(37,33(30,2)3)22-23-45-29-12-10-9-11-13-29/h8-17,20-23,30-32,38H,1,18-19,24-26H2,2-7H3/b21-20-,23-22-/t30-,31-,32-,35+,36+,37-/m1/s1. The summed E-state index contributed by atoms with van der Waals surface area (Å²) >= 11 is 1.65. The summed E-state index contributed by atoms with van der Waals surface area (Å²) in [6.45, 7) is 13.0. The van der Waals surface area contributed by atoms with Crippen LogP contribution in [0, 0.1) is 16.7 Å². The van der Waals surface area contributed by atoms with Gasteiger partial charge >= 0.3 is 0 Å². The number of aliphatic hydroxyl groups is 1. The summed E-state index contributed by atoms with van der Waals surface area (Å²) in [5, 5.41) is 15.1. The minimum Gasteiger partial charge on any atom is -0.497 e. The first-order chi connectivity index (χ1) is 21.5. The summed E-state index contributed by atoms with van der Waals surface area (Å²) in [5.41, 5.74) is -2.28. The zero-order chi connectivity index (χ0) is 32.3. The second-order valence-electron chi connectivity index (χ2n) is 13.3. The number of rotatable bonds is 14. The summed E-state index contributed by atoms with van der Waals surface area (Å²) in [5.74, 6) is 0.0371. The highest BCUT2D eigenvalue weighted by Gasteiger charge is 2.74. The van der Waals surface area contributed by atoms with E-state index in [1.165, 1.54) is 0 Å². The van der Waals surface area contributed by atoms with Crippen molar-refractivity contribution in [2.45, 2.75) is 81.2 Å². The number of hydrogen-bond acceptors (Lipinski definition) is 8. The van der Waals surface area contributed by atoms with E-state index in [-0.39, 0.29) is 24.7 Å². The van der Waals surface area contributed by atoms with Crippen LogP contribution in [-0.2, 0) is 30.3 Å². The topological polar surface area (TPSA) is 75.6 Å². The van der Waals surface area contributed by atoms with Crippen molar-refractivity contribution in [3.05, 3.63) is 96.5 Å². The molecule has 5 rings (SSSR count). The Labute approximate surface area is 272 Å². The normalized spacial score (nSPS) is 32.4. The molecule has 244 valence electrons. The molecule has 7 nitrogen and oxygen atoms in total. The first kappa shape index (κ1) is 33.9. The fraction of sp³-hybridized carbons (Fsp3) is 0.514. The molecular weight excluding hydrogens is 588 g/mol. The van der Waals surface area contributed by atoms with E-state index >= 15 is 0 Å². The van der Waals surface area contributed by atoms with Crippen molar-refractivity contribution in [1.82, 2.24) is 0 Å². The molecule has 2 bridgehead atoms. The fourth-order valence-electron chi connectivity index (χ4n) is 7.70. The lowest BCUT2D eigenvalue weighted by atomic mass is 9.62. The SMILES string of the molecule is C=C[C@@H](OCc1ccc(OC)cc1)[C@]1(/C=C\[C@@]2(O)[C@H](OCOC)[C@H]3CC[C@]2(/C=C\Sc2ccccc2)C3(C)C)COC(C)(C)O1. The van der Waals surface area contributed by atoms with Crippen LogP contribution in [-0.4, -0.2) is 61.9 Å². The largest absolute Gasteiger partial charge is 0.497 e. The molecule has 6 atom stereocenters. The number of methoxy groups -OCH3 is 2. The number of hydrogen-bond donors (Lipinski definition) is 1. The summed E-state index contributed by atoms with van der Waals surface area (Å²) in [7, 11) is 3.25. The maximum absolute atomic E-state index is 13.0. The molecule has 0 radical (unpaired) electrons. The van der Waals surface area contributed by atoms with Crippen LogP contribution in [0.15, 0.2) is 95.8 Å². The van der Waals surface area contributed by atoms with E-state index in [4.69, 9.17) is 28.4 Å². The Morgan fingerprint density at radius 1 is 1.02 bits per heavy atom. The van der Waals surface area contributed by atoms with E-state index in [9.17, 15) is 5.11 Å². The molecule has 1 heterocycles. The average Bonchev–Trinajstić information content (AvgIpc) is 3.54. The molecular formula is C37H48O7S. The maximum atomic E-state index is 13.0. The number of ether oxygens (including phenoxy) is 6. The molecule has 0 amide bonds. The fourth-order valence-corrected chi connectivity index (χ4v) is 8.47. The van der Waals surface area contributed by atoms with Gasteiger partial charge < -0.3 is 33.5 Å². The van der Waals surface area contributed by atoms with Gasteiger partial charge in [-0.3, -0.25) is 0 Å². The first-order valence-electron chi connectivity index (χ1n) is 15.6. The van der Waals surface area contributed by atoms with E-state index in [1.807, 2.05) is 68.5 Å². The van der Waals surface area contributed by atoms with Gasteiger partial charge in [-0.15, -0.1) is 6.58 Å². The Morgan fingerprint density at radius 3 is 2.38 bits per heavy atom. The summed E-state index contributed by atoms with van der Waals surface area (Å²) in [6.07, 6.45) is 8.49. The predicted octanol–water partition coefficient (Wildman–Crippen LogP) is 7.31. The van der Waals surface area contributed by atoms with Gasteiger partial charge in [0.1, 0.15) is 29.8 Å². The monoisotopic (exact) mass is 636 g/mol. The lowest BCUT2D eigenvalue weighted by molar-refractivity contribution is -0.176. The van der Waals surface area contributed by atoms with Gasteiger partial charge in [-0.1, -0.05) is 74.2 Å².